The Bertz CT molecular complexity index is 682. The summed E-state index contributed by atoms with van der Waals surface area (Å²) in [7, 11) is 1.61. The van der Waals surface area contributed by atoms with E-state index >= 15 is 0 Å². The molecule has 1 aromatic rings. The zero-order chi connectivity index (χ0) is 20.3. The molecule has 4 atom stereocenters. The predicted octanol–water partition coefficient (Wildman–Crippen LogP) is 4.13. The Morgan fingerprint density at radius 2 is 2.11 bits per heavy atom. The molecule has 6 heteroatoms. The minimum Gasteiger partial charge on any atom is -0.495 e. The van der Waals surface area contributed by atoms with Crippen molar-refractivity contribution in [3.8, 4) is 5.75 Å². The Labute approximate surface area is 173 Å². The lowest BCUT2D eigenvalue weighted by Crippen LogP contribution is -2.55. The van der Waals surface area contributed by atoms with Gasteiger partial charge in [0.2, 0.25) is 0 Å². The first-order valence-corrected chi connectivity index (χ1v) is 10.8. The van der Waals surface area contributed by atoms with Crippen LogP contribution in [0.5, 0.6) is 5.75 Å². The summed E-state index contributed by atoms with van der Waals surface area (Å²) in [6.45, 7) is 8.86. The van der Waals surface area contributed by atoms with Gasteiger partial charge in [0.25, 0.3) is 0 Å². The van der Waals surface area contributed by atoms with Crippen LogP contribution in [0.1, 0.15) is 40.0 Å². The van der Waals surface area contributed by atoms with Crippen LogP contribution in [0.2, 0.25) is 5.02 Å². The zero-order valence-corrected chi connectivity index (χ0v) is 18.2. The number of rotatable bonds is 5. The van der Waals surface area contributed by atoms with Gasteiger partial charge in [0.05, 0.1) is 12.1 Å². The molecule has 1 aliphatic carbocycles. The van der Waals surface area contributed by atoms with Crippen LogP contribution >= 0.6 is 11.6 Å². The molecular formula is C22H33ClN2O3. The number of hydrogen-bond donors (Lipinski definition) is 1. The molecule has 1 saturated heterocycles. The summed E-state index contributed by atoms with van der Waals surface area (Å²) in [5.41, 5.74) is 1.01. The maximum absolute atomic E-state index is 12.9. The smallest absolute Gasteiger partial charge is 0.325 e. The highest BCUT2D eigenvalue weighted by Crippen LogP contribution is 2.35. The van der Waals surface area contributed by atoms with Gasteiger partial charge in [-0.25, -0.2) is 0 Å². The molecular weight excluding hydrogens is 376 g/mol. The highest BCUT2D eigenvalue weighted by Gasteiger charge is 2.36. The van der Waals surface area contributed by atoms with E-state index in [1.165, 1.54) is 6.42 Å². The second-order valence-electron chi connectivity index (χ2n) is 8.57. The van der Waals surface area contributed by atoms with Gasteiger partial charge in [-0.3, -0.25) is 4.79 Å². The second kappa shape index (κ2) is 9.36. The van der Waals surface area contributed by atoms with Gasteiger partial charge >= 0.3 is 5.97 Å². The molecule has 1 heterocycles. The number of hydrogen-bond acceptors (Lipinski definition) is 5. The first-order valence-electron chi connectivity index (χ1n) is 10.4. The summed E-state index contributed by atoms with van der Waals surface area (Å²) in [6.07, 6.45) is 3.37. The van der Waals surface area contributed by atoms with Gasteiger partial charge in [-0.15, -0.1) is 0 Å². The molecule has 1 saturated carbocycles. The van der Waals surface area contributed by atoms with E-state index in [9.17, 15) is 4.79 Å². The molecule has 156 valence electrons. The molecule has 5 nitrogen and oxygen atoms in total. The highest BCUT2D eigenvalue weighted by molar-refractivity contribution is 6.32. The van der Waals surface area contributed by atoms with Crippen LogP contribution in [-0.4, -0.2) is 44.9 Å². The summed E-state index contributed by atoms with van der Waals surface area (Å²) >= 11 is 6.14. The third-order valence-electron chi connectivity index (χ3n) is 6.19. The highest BCUT2D eigenvalue weighted by atomic mass is 35.5. The van der Waals surface area contributed by atoms with Crippen molar-refractivity contribution in [2.45, 2.75) is 52.2 Å². The number of nitrogens with one attached hydrogen (secondary N) is 1. The second-order valence-corrected chi connectivity index (χ2v) is 8.98. The van der Waals surface area contributed by atoms with Gasteiger partial charge in [0.1, 0.15) is 17.9 Å². The fourth-order valence-electron chi connectivity index (χ4n) is 4.47. The van der Waals surface area contributed by atoms with E-state index in [4.69, 9.17) is 21.1 Å². The number of benzene rings is 1. The standard InChI is InChI=1S/C22H33ClN2O3/c1-14(2)17-7-5-15(3)11-20(17)28-22(26)19-13-25(10-9-24-19)16-6-8-18(23)21(12-16)27-4/h6,8,12,14-15,17,19-20,24H,5,7,9-11,13H2,1-4H3/t15-,17-,19?,20-/m1/s1. The lowest BCUT2D eigenvalue weighted by Gasteiger charge is -2.39. The molecule has 2 fully saturated rings. The minimum atomic E-state index is -0.319. The van der Waals surface area contributed by atoms with Crippen LogP contribution in [0.15, 0.2) is 18.2 Å². The number of piperazine rings is 1. The Morgan fingerprint density at radius 3 is 2.82 bits per heavy atom. The molecule has 0 aromatic heterocycles. The van der Waals surface area contributed by atoms with E-state index in [1.807, 2.05) is 18.2 Å². The van der Waals surface area contributed by atoms with Crippen LogP contribution < -0.4 is 15.0 Å². The number of carbonyl (C=O) groups is 1. The van der Waals surface area contributed by atoms with Crippen LogP contribution in [0, 0.1) is 17.8 Å². The number of anilines is 1. The number of carbonyl (C=O) groups excluding carboxylic acids is 1. The summed E-state index contributed by atoms with van der Waals surface area (Å²) in [6, 6.07) is 5.41. The summed E-state index contributed by atoms with van der Waals surface area (Å²) in [4.78, 5) is 15.1. The number of esters is 1. The quantitative estimate of drug-likeness (QED) is 0.742. The van der Waals surface area contributed by atoms with E-state index in [0.29, 0.717) is 35.1 Å². The van der Waals surface area contributed by atoms with Gasteiger partial charge in [-0.2, -0.15) is 0 Å². The average Bonchev–Trinajstić information content (AvgIpc) is 2.68. The van der Waals surface area contributed by atoms with Crippen molar-refractivity contribution < 1.29 is 14.3 Å². The molecule has 1 N–H and O–H groups in total. The first-order chi connectivity index (χ1) is 13.4. The van der Waals surface area contributed by atoms with Crippen molar-refractivity contribution in [3.05, 3.63) is 23.2 Å². The van der Waals surface area contributed by atoms with Gasteiger partial charge in [0.15, 0.2) is 0 Å². The summed E-state index contributed by atoms with van der Waals surface area (Å²) < 4.78 is 11.4. The van der Waals surface area contributed by atoms with Crippen molar-refractivity contribution in [2.75, 3.05) is 31.6 Å². The first kappa shape index (κ1) is 21.3. The molecule has 3 rings (SSSR count). The number of ether oxygens (including phenoxy) is 2. The molecule has 0 radical (unpaired) electrons. The van der Waals surface area contributed by atoms with Crippen LogP contribution in [0.3, 0.4) is 0 Å². The van der Waals surface area contributed by atoms with Crippen molar-refractivity contribution in [1.82, 2.24) is 5.32 Å². The molecule has 2 aliphatic rings. The molecule has 1 unspecified atom stereocenters. The maximum atomic E-state index is 12.9. The van der Waals surface area contributed by atoms with Crippen molar-refractivity contribution in [3.63, 3.8) is 0 Å². The number of nitrogens with zero attached hydrogens (tertiary/aromatic N) is 1. The van der Waals surface area contributed by atoms with Crippen LogP contribution in [-0.2, 0) is 9.53 Å². The van der Waals surface area contributed by atoms with Gasteiger partial charge in [-0.05, 0) is 42.7 Å². The Kier molecular flexibility index (Phi) is 7.10. The average molecular weight is 409 g/mol. The van der Waals surface area contributed by atoms with E-state index in [2.05, 4.69) is 31.0 Å². The molecule has 0 amide bonds. The summed E-state index contributed by atoms with van der Waals surface area (Å²) in [5, 5.41) is 3.92. The zero-order valence-electron chi connectivity index (χ0n) is 17.4. The van der Waals surface area contributed by atoms with Crippen LogP contribution in [0.25, 0.3) is 0 Å². The van der Waals surface area contributed by atoms with E-state index in [0.717, 1.165) is 31.6 Å². The van der Waals surface area contributed by atoms with E-state index < -0.39 is 0 Å². The lowest BCUT2D eigenvalue weighted by atomic mass is 9.75. The Morgan fingerprint density at radius 1 is 1.32 bits per heavy atom. The Hall–Kier alpha value is -1.46. The molecule has 0 bridgehead atoms. The third-order valence-corrected chi connectivity index (χ3v) is 6.50. The molecule has 1 aliphatic heterocycles. The van der Waals surface area contributed by atoms with Crippen molar-refractivity contribution in [2.24, 2.45) is 17.8 Å². The lowest BCUT2D eigenvalue weighted by molar-refractivity contribution is -0.158. The van der Waals surface area contributed by atoms with Gasteiger partial charge < -0.3 is 19.7 Å². The van der Waals surface area contributed by atoms with E-state index in [1.54, 1.807) is 7.11 Å². The predicted molar refractivity (Wildman–Crippen MR) is 113 cm³/mol. The van der Waals surface area contributed by atoms with Gasteiger partial charge in [-0.1, -0.05) is 38.8 Å². The number of halogens is 1. The largest absolute Gasteiger partial charge is 0.495 e. The molecule has 28 heavy (non-hydrogen) atoms. The SMILES string of the molecule is COc1cc(N2CCNC(C(=O)O[C@@H]3C[C@H](C)CC[C@@H]3C(C)C)C2)ccc1Cl. The topological polar surface area (TPSA) is 50.8 Å². The fourth-order valence-corrected chi connectivity index (χ4v) is 4.66. The minimum absolute atomic E-state index is 0.0315. The van der Waals surface area contributed by atoms with Gasteiger partial charge in [0, 0.05) is 31.4 Å². The van der Waals surface area contributed by atoms with E-state index in [-0.39, 0.29) is 18.1 Å². The van der Waals surface area contributed by atoms with Crippen molar-refractivity contribution in [1.29, 1.82) is 0 Å². The third kappa shape index (κ3) is 4.93. The summed E-state index contributed by atoms with van der Waals surface area (Å²) in [5.74, 6) is 2.12. The molecule has 1 aromatic carbocycles. The maximum Gasteiger partial charge on any atom is 0.325 e. The molecule has 0 spiro atoms. The number of methoxy groups -OCH3 is 1. The Balaban J connectivity index is 1.65. The normalized spacial score (nSPS) is 28.3. The van der Waals surface area contributed by atoms with Crippen LogP contribution in [0.4, 0.5) is 5.69 Å². The fraction of sp³-hybridized carbons (Fsp3) is 0.682. The monoisotopic (exact) mass is 408 g/mol. The van der Waals surface area contributed by atoms with Crippen molar-refractivity contribution >= 4 is 23.3 Å².